The smallest absolute Gasteiger partial charge is 0.227 e. The van der Waals surface area contributed by atoms with Crippen LogP contribution in [0.2, 0.25) is 0 Å². The van der Waals surface area contributed by atoms with E-state index in [4.69, 9.17) is 5.73 Å². The quantitative estimate of drug-likeness (QED) is 0.818. The molecule has 1 heterocycles. The van der Waals surface area contributed by atoms with Crippen LogP contribution in [0.5, 0.6) is 0 Å². The second-order valence-electron chi connectivity index (χ2n) is 5.82. The number of carbonyl (C=O) groups is 1. The maximum absolute atomic E-state index is 12.4. The molecule has 0 aromatic carbocycles. The van der Waals surface area contributed by atoms with Crippen LogP contribution in [0.1, 0.15) is 39.0 Å². The molecule has 0 aromatic rings. The van der Waals surface area contributed by atoms with Gasteiger partial charge < -0.3 is 15.5 Å². The Hall–Kier alpha value is -0.610. The van der Waals surface area contributed by atoms with Crippen LogP contribution in [-0.2, 0) is 4.79 Å². The Morgan fingerprint density at radius 3 is 2.44 bits per heavy atom. The Bertz CT molecular complexity index is 287. The fraction of sp³-hybridized carbons (Fsp3) is 0.929. The topological polar surface area (TPSA) is 49.6 Å². The summed E-state index contributed by atoms with van der Waals surface area (Å²) in [7, 11) is 1.97. The van der Waals surface area contributed by atoms with Gasteiger partial charge in [-0.05, 0) is 32.2 Å². The Kier molecular flexibility index (Phi) is 4.62. The molecule has 1 saturated carbocycles. The molecule has 2 N–H and O–H groups in total. The number of likely N-dealkylation sites (tertiary alicyclic amines) is 1. The van der Waals surface area contributed by atoms with E-state index in [1.165, 1.54) is 0 Å². The van der Waals surface area contributed by atoms with Crippen molar-refractivity contribution in [2.45, 2.75) is 51.1 Å². The molecule has 104 valence electrons. The summed E-state index contributed by atoms with van der Waals surface area (Å²) < 4.78 is 0. The Morgan fingerprint density at radius 2 is 1.94 bits per heavy atom. The van der Waals surface area contributed by atoms with Crippen molar-refractivity contribution in [1.82, 2.24) is 9.80 Å². The van der Waals surface area contributed by atoms with Gasteiger partial charge in [-0.15, -0.1) is 0 Å². The van der Waals surface area contributed by atoms with Crippen LogP contribution in [0.4, 0.5) is 0 Å². The standard InChI is InChI=1S/C14H27N3O/c1-3-17-9-7-11(8-10-17)16(2)14(18)12-5-4-6-13(12)15/h11-13H,3-10,15H2,1-2H3. The van der Waals surface area contributed by atoms with Crippen LogP contribution >= 0.6 is 0 Å². The van der Waals surface area contributed by atoms with E-state index in [1.54, 1.807) is 0 Å². The van der Waals surface area contributed by atoms with Crippen LogP contribution < -0.4 is 5.73 Å². The highest BCUT2D eigenvalue weighted by molar-refractivity contribution is 5.80. The third kappa shape index (κ3) is 2.86. The summed E-state index contributed by atoms with van der Waals surface area (Å²) in [5, 5.41) is 0. The highest BCUT2D eigenvalue weighted by atomic mass is 16.2. The zero-order chi connectivity index (χ0) is 13.1. The van der Waals surface area contributed by atoms with Crippen LogP contribution in [0, 0.1) is 5.92 Å². The molecular weight excluding hydrogens is 226 g/mol. The number of hydrogen-bond donors (Lipinski definition) is 1. The summed E-state index contributed by atoms with van der Waals surface area (Å²) in [6, 6.07) is 0.517. The van der Waals surface area contributed by atoms with Crippen LogP contribution in [0.3, 0.4) is 0 Å². The number of amides is 1. The third-order valence-electron chi connectivity index (χ3n) is 4.79. The van der Waals surface area contributed by atoms with E-state index < -0.39 is 0 Å². The molecule has 1 aliphatic carbocycles. The van der Waals surface area contributed by atoms with Gasteiger partial charge in [0.05, 0.1) is 5.92 Å². The van der Waals surface area contributed by atoms with Gasteiger partial charge in [0, 0.05) is 32.2 Å². The second-order valence-corrected chi connectivity index (χ2v) is 5.82. The van der Waals surface area contributed by atoms with Gasteiger partial charge in [0.15, 0.2) is 0 Å². The van der Waals surface area contributed by atoms with E-state index in [0.29, 0.717) is 6.04 Å². The van der Waals surface area contributed by atoms with Gasteiger partial charge in [-0.3, -0.25) is 4.79 Å². The summed E-state index contributed by atoms with van der Waals surface area (Å²) in [5.41, 5.74) is 6.04. The number of carbonyl (C=O) groups excluding carboxylic acids is 1. The highest BCUT2D eigenvalue weighted by Crippen LogP contribution is 2.27. The Balaban J connectivity index is 1.87. The molecule has 2 rings (SSSR count). The Labute approximate surface area is 110 Å². The lowest BCUT2D eigenvalue weighted by Gasteiger charge is -2.37. The van der Waals surface area contributed by atoms with Gasteiger partial charge in [-0.2, -0.15) is 0 Å². The molecule has 2 fully saturated rings. The van der Waals surface area contributed by atoms with E-state index in [9.17, 15) is 4.79 Å². The van der Waals surface area contributed by atoms with Gasteiger partial charge in [0.1, 0.15) is 0 Å². The molecular formula is C14H27N3O. The van der Waals surface area contributed by atoms with Crippen molar-refractivity contribution in [3.63, 3.8) is 0 Å². The minimum absolute atomic E-state index is 0.0826. The van der Waals surface area contributed by atoms with Crippen molar-refractivity contribution in [3.05, 3.63) is 0 Å². The molecule has 2 atom stereocenters. The lowest BCUT2D eigenvalue weighted by molar-refractivity contribution is -0.137. The maximum Gasteiger partial charge on any atom is 0.227 e. The van der Waals surface area contributed by atoms with Crippen LogP contribution in [0.25, 0.3) is 0 Å². The number of nitrogens with zero attached hydrogens (tertiary/aromatic N) is 2. The van der Waals surface area contributed by atoms with E-state index in [0.717, 1.165) is 51.7 Å². The first-order chi connectivity index (χ1) is 8.63. The van der Waals surface area contributed by atoms with Crippen LogP contribution in [0.15, 0.2) is 0 Å². The van der Waals surface area contributed by atoms with Crippen molar-refractivity contribution < 1.29 is 4.79 Å². The molecule has 0 radical (unpaired) electrons. The molecule has 0 spiro atoms. The number of piperidine rings is 1. The molecule has 4 nitrogen and oxygen atoms in total. The van der Waals surface area contributed by atoms with Crippen LogP contribution in [-0.4, -0.2) is 54.5 Å². The third-order valence-corrected chi connectivity index (χ3v) is 4.79. The molecule has 2 unspecified atom stereocenters. The predicted molar refractivity (Wildman–Crippen MR) is 73.2 cm³/mol. The van der Waals surface area contributed by atoms with Gasteiger partial charge in [0.25, 0.3) is 0 Å². The zero-order valence-electron chi connectivity index (χ0n) is 11.8. The molecule has 4 heteroatoms. The van der Waals surface area contributed by atoms with Gasteiger partial charge in [-0.25, -0.2) is 0 Å². The SMILES string of the molecule is CCN1CCC(N(C)C(=O)C2CCCC2N)CC1. The average molecular weight is 253 g/mol. The largest absolute Gasteiger partial charge is 0.342 e. The summed E-state index contributed by atoms with van der Waals surface area (Å²) in [6.45, 7) is 5.57. The fourth-order valence-electron chi connectivity index (χ4n) is 3.36. The minimum Gasteiger partial charge on any atom is -0.342 e. The first-order valence-electron chi connectivity index (χ1n) is 7.38. The summed E-state index contributed by atoms with van der Waals surface area (Å²) in [4.78, 5) is 16.9. The van der Waals surface area contributed by atoms with Gasteiger partial charge >= 0.3 is 0 Å². The van der Waals surface area contributed by atoms with E-state index in [-0.39, 0.29) is 17.9 Å². The molecule has 0 aromatic heterocycles. The minimum atomic E-state index is 0.0826. The zero-order valence-corrected chi connectivity index (χ0v) is 11.8. The summed E-state index contributed by atoms with van der Waals surface area (Å²) in [6.07, 6.45) is 5.33. The van der Waals surface area contributed by atoms with Crippen molar-refractivity contribution in [3.8, 4) is 0 Å². The van der Waals surface area contributed by atoms with E-state index >= 15 is 0 Å². The second kappa shape index (κ2) is 6.02. The first kappa shape index (κ1) is 13.8. The fourth-order valence-corrected chi connectivity index (χ4v) is 3.36. The predicted octanol–water partition coefficient (Wildman–Crippen LogP) is 1.06. The van der Waals surface area contributed by atoms with E-state index in [2.05, 4.69) is 11.8 Å². The monoisotopic (exact) mass is 253 g/mol. The van der Waals surface area contributed by atoms with Crippen molar-refractivity contribution in [1.29, 1.82) is 0 Å². The lowest BCUT2D eigenvalue weighted by Crippen LogP contribution is -2.49. The molecule has 18 heavy (non-hydrogen) atoms. The van der Waals surface area contributed by atoms with Gasteiger partial charge in [-0.1, -0.05) is 13.3 Å². The summed E-state index contributed by atoms with van der Waals surface area (Å²) >= 11 is 0. The number of hydrogen-bond acceptors (Lipinski definition) is 3. The van der Waals surface area contributed by atoms with Crippen molar-refractivity contribution >= 4 is 5.91 Å². The normalized spacial score (nSPS) is 30.6. The molecule has 0 bridgehead atoms. The Morgan fingerprint density at radius 1 is 1.28 bits per heavy atom. The maximum atomic E-state index is 12.4. The molecule has 1 amide bonds. The van der Waals surface area contributed by atoms with Crippen molar-refractivity contribution in [2.24, 2.45) is 11.7 Å². The lowest BCUT2D eigenvalue weighted by atomic mass is 9.98. The number of nitrogens with two attached hydrogens (primary N) is 1. The molecule has 2 aliphatic rings. The van der Waals surface area contributed by atoms with Crippen molar-refractivity contribution in [2.75, 3.05) is 26.7 Å². The number of rotatable bonds is 3. The molecule has 1 saturated heterocycles. The average Bonchev–Trinajstić information content (AvgIpc) is 2.83. The first-order valence-corrected chi connectivity index (χ1v) is 7.38. The highest BCUT2D eigenvalue weighted by Gasteiger charge is 2.35. The summed E-state index contributed by atoms with van der Waals surface area (Å²) in [5.74, 6) is 0.370. The van der Waals surface area contributed by atoms with E-state index in [1.807, 2.05) is 11.9 Å². The molecule has 1 aliphatic heterocycles. The van der Waals surface area contributed by atoms with Gasteiger partial charge in [0.2, 0.25) is 5.91 Å².